The number of hydrogen-bond donors (Lipinski definition) is 2. The van der Waals surface area contributed by atoms with Crippen molar-refractivity contribution >= 4 is 17.3 Å². The predicted molar refractivity (Wildman–Crippen MR) is 80.0 cm³/mol. The van der Waals surface area contributed by atoms with Crippen molar-refractivity contribution in [3.05, 3.63) is 63.7 Å². The van der Waals surface area contributed by atoms with Gasteiger partial charge in [0.05, 0.1) is 24.3 Å². The predicted octanol–water partition coefficient (Wildman–Crippen LogP) is 2.35. The molecule has 0 fully saturated rings. The number of aliphatic hydroxyl groups is 1. The van der Waals surface area contributed by atoms with Gasteiger partial charge in [0.1, 0.15) is 5.75 Å². The molecule has 2 aromatic carbocycles. The van der Waals surface area contributed by atoms with Gasteiger partial charge in [0, 0.05) is 29.3 Å². The Morgan fingerprint density at radius 1 is 1.32 bits per heavy atom. The summed E-state index contributed by atoms with van der Waals surface area (Å²) in [5.74, 6) is 0.0122. The minimum Gasteiger partial charge on any atom is -0.497 e. The summed E-state index contributed by atoms with van der Waals surface area (Å²) in [5, 5.41) is 22.7. The fourth-order valence-electron chi connectivity index (χ4n) is 1.89. The van der Waals surface area contributed by atoms with Crippen molar-refractivity contribution in [1.29, 1.82) is 0 Å². The zero-order valence-corrected chi connectivity index (χ0v) is 11.8. The van der Waals surface area contributed by atoms with Crippen molar-refractivity contribution in [3.8, 4) is 5.75 Å². The van der Waals surface area contributed by atoms with Gasteiger partial charge >= 0.3 is 0 Å². The standard InChI is InChI=1S/C15H14N2O5/c1-22-13-6-5-11(9-18)14(8-13)16-15(19)10-3-2-4-12(7-10)17(20)21/h2-8,18H,9H2,1H3,(H,16,19). The van der Waals surface area contributed by atoms with Crippen molar-refractivity contribution in [3.63, 3.8) is 0 Å². The van der Waals surface area contributed by atoms with Gasteiger partial charge < -0.3 is 15.2 Å². The van der Waals surface area contributed by atoms with E-state index in [1.807, 2.05) is 0 Å². The maximum absolute atomic E-state index is 12.2. The van der Waals surface area contributed by atoms with Gasteiger partial charge in [-0.25, -0.2) is 0 Å². The molecule has 1 amide bonds. The van der Waals surface area contributed by atoms with Crippen LogP contribution in [0.25, 0.3) is 0 Å². The first-order chi connectivity index (χ1) is 10.5. The number of rotatable bonds is 5. The van der Waals surface area contributed by atoms with Crippen molar-refractivity contribution in [2.45, 2.75) is 6.61 Å². The number of nitro benzene ring substituents is 1. The Morgan fingerprint density at radius 2 is 2.09 bits per heavy atom. The summed E-state index contributed by atoms with van der Waals surface area (Å²) >= 11 is 0. The normalized spacial score (nSPS) is 10.1. The van der Waals surface area contributed by atoms with Crippen LogP contribution in [0.3, 0.4) is 0 Å². The van der Waals surface area contributed by atoms with Crippen LogP contribution in [0.1, 0.15) is 15.9 Å². The summed E-state index contributed by atoms with van der Waals surface area (Å²) < 4.78 is 5.07. The van der Waals surface area contributed by atoms with Gasteiger partial charge in [-0.1, -0.05) is 12.1 Å². The molecule has 0 radical (unpaired) electrons. The smallest absolute Gasteiger partial charge is 0.270 e. The highest BCUT2D eigenvalue weighted by atomic mass is 16.6. The summed E-state index contributed by atoms with van der Waals surface area (Å²) in [5.41, 5.74) is 0.888. The first-order valence-corrected chi connectivity index (χ1v) is 6.38. The van der Waals surface area contributed by atoms with Gasteiger partial charge in [-0.05, 0) is 12.1 Å². The lowest BCUT2D eigenvalue weighted by atomic mass is 10.1. The summed E-state index contributed by atoms with van der Waals surface area (Å²) in [6.45, 7) is -0.255. The first-order valence-electron chi connectivity index (χ1n) is 6.38. The number of hydrogen-bond acceptors (Lipinski definition) is 5. The molecular weight excluding hydrogens is 288 g/mol. The van der Waals surface area contributed by atoms with Crippen molar-refractivity contribution in [2.75, 3.05) is 12.4 Å². The lowest BCUT2D eigenvalue weighted by Gasteiger charge is -2.11. The lowest BCUT2D eigenvalue weighted by molar-refractivity contribution is -0.384. The Kier molecular flexibility index (Phi) is 4.70. The highest BCUT2D eigenvalue weighted by molar-refractivity contribution is 6.05. The number of nitrogens with zero attached hydrogens (tertiary/aromatic N) is 1. The van der Waals surface area contributed by atoms with E-state index >= 15 is 0 Å². The third kappa shape index (κ3) is 3.39. The van der Waals surface area contributed by atoms with Crippen LogP contribution in [-0.4, -0.2) is 23.0 Å². The van der Waals surface area contributed by atoms with Gasteiger partial charge in [0.25, 0.3) is 11.6 Å². The molecule has 0 heterocycles. The summed E-state index contributed by atoms with van der Waals surface area (Å²) in [7, 11) is 1.49. The Morgan fingerprint density at radius 3 is 2.73 bits per heavy atom. The molecule has 0 saturated carbocycles. The molecule has 0 aromatic heterocycles. The van der Waals surface area contributed by atoms with Gasteiger partial charge in [-0.2, -0.15) is 0 Å². The maximum Gasteiger partial charge on any atom is 0.270 e. The number of amides is 1. The van der Waals surface area contributed by atoms with E-state index in [2.05, 4.69) is 5.32 Å². The molecule has 2 N–H and O–H groups in total. The molecule has 0 atom stereocenters. The second-order valence-electron chi connectivity index (χ2n) is 4.44. The highest BCUT2D eigenvalue weighted by Gasteiger charge is 2.13. The van der Waals surface area contributed by atoms with E-state index in [0.29, 0.717) is 17.0 Å². The largest absolute Gasteiger partial charge is 0.497 e. The molecule has 0 aliphatic heterocycles. The molecule has 7 heteroatoms. The number of benzene rings is 2. The number of nitro groups is 1. The molecular formula is C15H14N2O5. The zero-order chi connectivity index (χ0) is 16.1. The number of non-ortho nitro benzene ring substituents is 1. The van der Waals surface area contributed by atoms with Gasteiger partial charge in [-0.3, -0.25) is 14.9 Å². The molecule has 0 aliphatic carbocycles. The number of methoxy groups -OCH3 is 1. The van der Waals surface area contributed by atoms with Crippen molar-refractivity contribution < 1.29 is 19.6 Å². The minimum absolute atomic E-state index is 0.154. The second-order valence-corrected chi connectivity index (χ2v) is 4.44. The van der Waals surface area contributed by atoms with Crippen LogP contribution in [-0.2, 0) is 6.61 Å². The number of nitrogens with one attached hydrogen (secondary N) is 1. The molecule has 2 aromatic rings. The van der Waals surface area contributed by atoms with Crippen LogP contribution in [0.2, 0.25) is 0 Å². The number of anilines is 1. The average molecular weight is 302 g/mol. The van der Waals surface area contributed by atoms with Crippen LogP contribution in [0, 0.1) is 10.1 Å². The molecule has 0 bridgehead atoms. The fourth-order valence-corrected chi connectivity index (χ4v) is 1.89. The molecule has 0 saturated heterocycles. The Bertz CT molecular complexity index is 715. The SMILES string of the molecule is COc1ccc(CO)c(NC(=O)c2cccc([N+](=O)[O-])c2)c1. The minimum atomic E-state index is -0.568. The number of aliphatic hydroxyl groups excluding tert-OH is 1. The molecule has 0 spiro atoms. The Labute approximate surface area is 126 Å². The topological polar surface area (TPSA) is 102 Å². The van der Waals surface area contributed by atoms with E-state index < -0.39 is 10.8 Å². The third-order valence-electron chi connectivity index (χ3n) is 3.05. The maximum atomic E-state index is 12.2. The number of ether oxygens (including phenoxy) is 1. The fraction of sp³-hybridized carbons (Fsp3) is 0.133. The summed E-state index contributed by atoms with van der Waals surface area (Å²) in [4.78, 5) is 22.4. The molecule has 2 rings (SSSR count). The summed E-state index contributed by atoms with van der Waals surface area (Å²) in [6, 6.07) is 10.3. The zero-order valence-electron chi connectivity index (χ0n) is 11.8. The lowest BCUT2D eigenvalue weighted by Crippen LogP contribution is -2.13. The molecule has 0 unspecified atom stereocenters. The van der Waals surface area contributed by atoms with Gasteiger partial charge in [-0.15, -0.1) is 0 Å². The van der Waals surface area contributed by atoms with Crippen LogP contribution < -0.4 is 10.1 Å². The second kappa shape index (κ2) is 6.68. The first kappa shape index (κ1) is 15.5. The molecule has 22 heavy (non-hydrogen) atoms. The van der Waals surface area contributed by atoms with Crippen LogP contribution in [0.4, 0.5) is 11.4 Å². The highest BCUT2D eigenvalue weighted by Crippen LogP contribution is 2.23. The van der Waals surface area contributed by atoms with E-state index in [4.69, 9.17) is 4.74 Å². The third-order valence-corrected chi connectivity index (χ3v) is 3.05. The van der Waals surface area contributed by atoms with E-state index in [1.165, 1.54) is 31.4 Å². The Hall–Kier alpha value is -2.93. The summed E-state index contributed by atoms with van der Waals surface area (Å²) in [6.07, 6.45) is 0. The van der Waals surface area contributed by atoms with Crippen LogP contribution >= 0.6 is 0 Å². The van der Waals surface area contributed by atoms with Gasteiger partial charge in [0.2, 0.25) is 0 Å². The van der Waals surface area contributed by atoms with E-state index in [0.717, 1.165) is 0 Å². The monoisotopic (exact) mass is 302 g/mol. The number of carbonyl (C=O) groups is 1. The van der Waals surface area contributed by atoms with Crippen molar-refractivity contribution in [2.24, 2.45) is 0 Å². The van der Waals surface area contributed by atoms with Crippen molar-refractivity contribution in [1.82, 2.24) is 0 Å². The molecule has 7 nitrogen and oxygen atoms in total. The average Bonchev–Trinajstić information content (AvgIpc) is 2.54. The van der Waals surface area contributed by atoms with E-state index in [-0.39, 0.29) is 17.9 Å². The van der Waals surface area contributed by atoms with Crippen LogP contribution in [0.5, 0.6) is 5.75 Å². The molecule has 114 valence electrons. The van der Waals surface area contributed by atoms with E-state index in [1.54, 1.807) is 18.2 Å². The van der Waals surface area contributed by atoms with E-state index in [9.17, 15) is 20.0 Å². The quantitative estimate of drug-likeness (QED) is 0.652. The number of carbonyl (C=O) groups excluding carboxylic acids is 1. The van der Waals surface area contributed by atoms with Gasteiger partial charge in [0.15, 0.2) is 0 Å². The Balaban J connectivity index is 2.28. The van der Waals surface area contributed by atoms with Crippen LogP contribution in [0.15, 0.2) is 42.5 Å². The molecule has 0 aliphatic rings.